The maximum atomic E-state index is 12.1. The number of aryl methyl sites for hydroxylation is 1. The predicted molar refractivity (Wildman–Crippen MR) is 81.3 cm³/mol. The molecule has 3 heterocycles. The predicted octanol–water partition coefficient (Wildman–Crippen LogP) is 1.21. The highest BCUT2D eigenvalue weighted by Gasteiger charge is 2.24. The van der Waals surface area contributed by atoms with Gasteiger partial charge in [0.25, 0.3) is 5.56 Å². The topological polar surface area (TPSA) is 57.8 Å². The fourth-order valence-electron chi connectivity index (χ4n) is 2.93. The number of hydrogen-bond acceptors (Lipinski definition) is 4. The molecule has 21 heavy (non-hydrogen) atoms. The van der Waals surface area contributed by atoms with E-state index < -0.39 is 0 Å². The van der Waals surface area contributed by atoms with Crippen molar-refractivity contribution in [1.82, 2.24) is 14.3 Å². The van der Waals surface area contributed by atoms with Crippen LogP contribution in [0.25, 0.3) is 5.65 Å². The number of aromatic nitrogens is 2. The molecule has 2 unspecified atom stereocenters. The third kappa shape index (κ3) is 2.99. The van der Waals surface area contributed by atoms with Crippen LogP contribution in [0.15, 0.2) is 29.2 Å². The third-order valence-electron chi connectivity index (χ3n) is 4.21. The number of piperidine rings is 1. The van der Waals surface area contributed by atoms with Gasteiger partial charge in [-0.2, -0.15) is 0 Å². The first kappa shape index (κ1) is 14.2. The average Bonchev–Trinajstić information content (AvgIpc) is 2.42. The Hall–Kier alpha value is -1.72. The fourth-order valence-corrected chi connectivity index (χ4v) is 2.93. The monoisotopic (exact) mass is 287 g/mol. The molecule has 0 bridgehead atoms. The van der Waals surface area contributed by atoms with Crippen LogP contribution in [0.3, 0.4) is 0 Å². The number of likely N-dealkylation sites (tertiary alicyclic amines) is 1. The lowest BCUT2D eigenvalue weighted by molar-refractivity contribution is 0.0315. The highest BCUT2D eigenvalue weighted by Crippen LogP contribution is 2.18. The van der Waals surface area contributed by atoms with Crippen LogP contribution in [0, 0.1) is 12.8 Å². The Labute approximate surface area is 123 Å². The van der Waals surface area contributed by atoms with E-state index in [0.717, 1.165) is 30.8 Å². The molecule has 0 aromatic carbocycles. The van der Waals surface area contributed by atoms with Gasteiger partial charge in [-0.3, -0.25) is 14.1 Å². The molecule has 1 fully saturated rings. The summed E-state index contributed by atoms with van der Waals surface area (Å²) in [6.45, 7) is 6.41. The van der Waals surface area contributed by atoms with Crippen molar-refractivity contribution in [2.75, 3.05) is 13.1 Å². The first-order valence-electron chi connectivity index (χ1n) is 7.42. The molecule has 0 amide bonds. The zero-order chi connectivity index (χ0) is 15.0. The van der Waals surface area contributed by atoms with Crippen LogP contribution in [0.5, 0.6) is 0 Å². The second kappa shape index (κ2) is 5.58. The van der Waals surface area contributed by atoms with Gasteiger partial charge in [-0.05, 0) is 37.0 Å². The number of fused-ring (bicyclic) bond motifs is 1. The van der Waals surface area contributed by atoms with Gasteiger partial charge >= 0.3 is 0 Å². The van der Waals surface area contributed by atoms with E-state index in [0.29, 0.717) is 12.2 Å². The van der Waals surface area contributed by atoms with Crippen molar-refractivity contribution in [1.29, 1.82) is 0 Å². The normalized spacial score (nSPS) is 23.6. The van der Waals surface area contributed by atoms with Gasteiger partial charge in [0.05, 0.1) is 11.8 Å². The molecule has 112 valence electrons. The Bertz CT molecular complexity index is 710. The summed E-state index contributed by atoms with van der Waals surface area (Å²) in [6, 6.07) is 5.44. The molecule has 2 atom stereocenters. The maximum Gasteiger partial charge on any atom is 0.258 e. The average molecular weight is 287 g/mol. The number of aliphatic hydroxyl groups excluding tert-OH is 1. The molecular formula is C16H21N3O2. The molecule has 1 saturated heterocycles. The quantitative estimate of drug-likeness (QED) is 0.902. The van der Waals surface area contributed by atoms with E-state index in [1.807, 2.05) is 19.1 Å². The molecule has 2 aromatic rings. The van der Waals surface area contributed by atoms with E-state index >= 15 is 0 Å². The van der Waals surface area contributed by atoms with Crippen molar-refractivity contribution in [3.8, 4) is 0 Å². The van der Waals surface area contributed by atoms with Crippen molar-refractivity contribution >= 4 is 5.65 Å². The molecule has 0 radical (unpaired) electrons. The Morgan fingerprint density at radius 3 is 3.00 bits per heavy atom. The minimum atomic E-state index is -0.209. The zero-order valence-corrected chi connectivity index (χ0v) is 12.5. The van der Waals surface area contributed by atoms with Gasteiger partial charge in [0.1, 0.15) is 5.65 Å². The van der Waals surface area contributed by atoms with Crippen LogP contribution in [-0.4, -0.2) is 38.6 Å². The van der Waals surface area contributed by atoms with Crippen molar-refractivity contribution in [3.63, 3.8) is 0 Å². The van der Waals surface area contributed by atoms with Gasteiger partial charge in [0, 0.05) is 31.9 Å². The summed E-state index contributed by atoms with van der Waals surface area (Å²) in [4.78, 5) is 19.0. The molecule has 0 spiro atoms. The Kier molecular flexibility index (Phi) is 3.78. The van der Waals surface area contributed by atoms with Crippen molar-refractivity contribution in [2.45, 2.75) is 32.9 Å². The number of rotatable bonds is 2. The highest BCUT2D eigenvalue weighted by atomic mass is 16.3. The van der Waals surface area contributed by atoms with Crippen LogP contribution in [-0.2, 0) is 6.54 Å². The SMILES string of the molecule is Cc1ccn2c(=O)cc(CN3CCC(O)C(C)C3)nc2c1. The van der Waals surface area contributed by atoms with E-state index in [1.54, 1.807) is 16.7 Å². The number of pyridine rings is 1. The molecular weight excluding hydrogens is 266 g/mol. The van der Waals surface area contributed by atoms with Gasteiger partial charge in [-0.1, -0.05) is 6.92 Å². The molecule has 0 saturated carbocycles. The summed E-state index contributed by atoms with van der Waals surface area (Å²) < 4.78 is 1.57. The second-order valence-electron chi connectivity index (χ2n) is 6.09. The molecule has 3 rings (SSSR count). The Balaban J connectivity index is 1.86. The third-order valence-corrected chi connectivity index (χ3v) is 4.21. The maximum absolute atomic E-state index is 12.1. The van der Waals surface area contributed by atoms with Crippen LogP contribution in [0.2, 0.25) is 0 Å². The summed E-state index contributed by atoms with van der Waals surface area (Å²) in [6.07, 6.45) is 2.34. The lowest BCUT2D eigenvalue weighted by atomic mass is 9.97. The summed E-state index contributed by atoms with van der Waals surface area (Å²) in [5, 5.41) is 9.78. The Morgan fingerprint density at radius 2 is 2.24 bits per heavy atom. The molecule has 1 aliphatic rings. The first-order chi connectivity index (χ1) is 10.0. The molecule has 1 aliphatic heterocycles. The summed E-state index contributed by atoms with van der Waals surface area (Å²) in [5.41, 5.74) is 2.55. The fraction of sp³-hybridized carbons (Fsp3) is 0.500. The van der Waals surface area contributed by atoms with Gasteiger partial charge in [0.15, 0.2) is 0 Å². The smallest absolute Gasteiger partial charge is 0.258 e. The van der Waals surface area contributed by atoms with E-state index in [2.05, 4.69) is 16.8 Å². The summed E-state index contributed by atoms with van der Waals surface area (Å²) >= 11 is 0. The highest BCUT2D eigenvalue weighted by molar-refractivity contribution is 5.41. The van der Waals surface area contributed by atoms with Crippen LogP contribution >= 0.6 is 0 Å². The molecule has 2 aromatic heterocycles. The summed E-state index contributed by atoms with van der Waals surface area (Å²) in [5.74, 6) is 0.266. The van der Waals surface area contributed by atoms with Crippen LogP contribution < -0.4 is 5.56 Å². The minimum absolute atomic E-state index is 0.0416. The number of aliphatic hydroxyl groups is 1. The van der Waals surface area contributed by atoms with Crippen molar-refractivity contribution in [3.05, 3.63) is 46.0 Å². The minimum Gasteiger partial charge on any atom is -0.393 e. The molecule has 1 N–H and O–H groups in total. The van der Waals surface area contributed by atoms with E-state index in [1.165, 1.54) is 0 Å². The molecule has 0 aliphatic carbocycles. The van der Waals surface area contributed by atoms with Gasteiger partial charge < -0.3 is 5.11 Å². The van der Waals surface area contributed by atoms with E-state index in [9.17, 15) is 9.90 Å². The molecule has 5 heteroatoms. The second-order valence-corrected chi connectivity index (χ2v) is 6.09. The zero-order valence-electron chi connectivity index (χ0n) is 12.5. The van der Waals surface area contributed by atoms with Crippen molar-refractivity contribution < 1.29 is 5.11 Å². The van der Waals surface area contributed by atoms with E-state index in [4.69, 9.17) is 0 Å². The standard InChI is InChI=1S/C16H21N3O2/c1-11-3-6-19-15(7-11)17-13(8-16(19)21)10-18-5-4-14(20)12(2)9-18/h3,6-8,12,14,20H,4-5,9-10H2,1-2H3. The van der Waals surface area contributed by atoms with Crippen LogP contribution in [0.1, 0.15) is 24.6 Å². The van der Waals surface area contributed by atoms with Gasteiger partial charge in [-0.25, -0.2) is 4.98 Å². The largest absolute Gasteiger partial charge is 0.393 e. The lowest BCUT2D eigenvalue weighted by Gasteiger charge is -2.34. The lowest BCUT2D eigenvalue weighted by Crippen LogP contribution is -2.41. The van der Waals surface area contributed by atoms with Gasteiger partial charge in [0.2, 0.25) is 0 Å². The molecule has 5 nitrogen and oxygen atoms in total. The number of hydrogen-bond donors (Lipinski definition) is 1. The van der Waals surface area contributed by atoms with E-state index in [-0.39, 0.29) is 17.6 Å². The van der Waals surface area contributed by atoms with Crippen LogP contribution in [0.4, 0.5) is 0 Å². The van der Waals surface area contributed by atoms with Gasteiger partial charge in [-0.15, -0.1) is 0 Å². The van der Waals surface area contributed by atoms with Crippen molar-refractivity contribution in [2.24, 2.45) is 5.92 Å². The Morgan fingerprint density at radius 1 is 1.43 bits per heavy atom. The first-order valence-corrected chi connectivity index (χ1v) is 7.42. The summed E-state index contributed by atoms with van der Waals surface area (Å²) in [7, 11) is 0. The number of nitrogens with zero attached hydrogens (tertiary/aromatic N) is 3.